The molecule has 0 unspecified atom stereocenters. The lowest BCUT2D eigenvalue weighted by Crippen LogP contribution is -2.24. The number of rotatable bonds is 6. The summed E-state index contributed by atoms with van der Waals surface area (Å²) in [5, 5.41) is 11.7. The fraction of sp³-hybridized carbons (Fsp3) is 0.312. The van der Waals surface area contributed by atoms with Crippen molar-refractivity contribution in [3.05, 3.63) is 44.4 Å². The van der Waals surface area contributed by atoms with Crippen LogP contribution in [0.15, 0.2) is 12.1 Å². The van der Waals surface area contributed by atoms with Crippen molar-refractivity contribution in [1.29, 1.82) is 0 Å². The Bertz CT molecular complexity index is 773. The molecular formula is C16H18N2O4S. The quantitative estimate of drug-likeness (QED) is 0.707. The van der Waals surface area contributed by atoms with Crippen LogP contribution in [0.2, 0.25) is 0 Å². The number of aromatic amines is 1. The van der Waals surface area contributed by atoms with Gasteiger partial charge in [0.05, 0.1) is 6.54 Å². The summed E-state index contributed by atoms with van der Waals surface area (Å²) in [5.74, 6) is -1.35. The number of carbonyl (C=O) groups is 3. The van der Waals surface area contributed by atoms with Gasteiger partial charge in [0.1, 0.15) is 10.6 Å². The summed E-state index contributed by atoms with van der Waals surface area (Å²) < 4.78 is 0. The van der Waals surface area contributed by atoms with Gasteiger partial charge < -0.3 is 15.4 Å². The molecule has 0 aliphatic heterocycles. The van der Waals surface area contributed by atoms with Gasteiger partial charge in [0.2, 0.25) is 0 Å². The zero-order chi connectivity index (χ0) is 17.1. The van der Waals surface area contributed by atoms with Crippen molar-refractivity contribution >= 4 is 29.0 Å². The molecule has 122 valence electrons. The number of aromatic carboxylic acids is 1. The maximum absolute atomic E-state index is 12.4. The Labute approximate surface area is 137 Å². The van der Waals surface area contributed by atoms with Gasteiger partial charge in [-0.05, 0) is 38.0 Å². The Balaban J connectivity index is 2.16. The monoisotopic (exact) mass is 334 g/mol. The van der Waals surface area contributed by atoms with Crippen molar-refractivity contribution in [2.45, 2.75) is 33.7 Å². The Hall–Kier alpha value is -2.41. The molecule has 3 N–H and O–H groups in total. The molecular weight excluding hydrogens is 316 g/mol. The second-order valence-corrected chi connectivity index (χ2v) is 6.31. The van der Waals surface area contributed by atoms with Crippen LogP contribution >= 0.6 is 11.3 Å². The van der Waals surface area contributed by atoms with Crippen molar-refractivity contribution < 1.29 is 19.5 Å². The molecule has 0 aliphatic rings. The summed E-state index contributed by atoms with van der Waals surface area (Å²) in [6, 6.07) is 3.19. The van der Waals surface area contributed by atoms with Gasteiger partial charge in [0.25, 0.3) is 5.91 Å². The summed E-state index contributed by atoms with van der Waals surface area (Å²) in [6.07, 6.45) is 0.574. The van der Waals surface area contributed by atoms with E-state index < -0.39 is 5.97 Å². The fourth-order valence-electron chi connectivity index (χ4n) is 2.54. The molecule has 6 nitrogen and oxygen atoms in total. The Morgan fingerprint density at radius 3 is 2.52 bits per heavy atom. The maximum atomic E-state index is 12.4. The highest BCUT2D eigenvalue weighted by atomic mass is 32.1. The van der Waals surface area contributed by atoms with Crippen LogP contribution < -0.4 is 5.32 Å². The van der Waals surface area contributed by atoms with Crippen LogP contribution in [0.5, 0.6) is 0 Å². The summed E-state index contributed by atoms with van der Waals surface area (Å²) in [6.45, 7) is 5.39. The predicted octanol–water partition coefficient (Wildman–Crippen LogP) is 2.78. The number of aryl methyl sites for hydroxylation is 1. The first-order chi connectivity index (χ1) is 10.8. The molecule has 2 aromatic heterocycles. The Morgan fingerprint density at radius 1 is 1.30 bits per heavy atom. The SMILES string of the molecule is CCc1c(C(=O)NCc2ccc(C(=O)O)s2)[nH]c(C)c1C(C)=O. The lowest BCUT2D eigenvalue weighted by atomic mass is 10.0. The van der Waals surface area contributed by atoms with Crippen molar-refractivity contribution in [2.75, 3.05) is 0 Å². The lowest BCUT2D eigenvalue weighted by Gasteiger charge is -2.05. The Morgan fingerprint density at radius 2 is 2.00 bits per heavy atom. The highest BCUT2D eigenvalue weighted by Gasteiger charge is 2.21. The number of aromatic nitrogens is 1. The van der Waals surface area contributed by atoms with Crippen LogP contribution in [0.25, 0.3) is 0 Å². The van der Waals surface area contributed by atoms with Crippen molar-refractivity contribution in [1.82, 2.24) is 10.3 Å². The topological polar surface area (TPSA) is 99.3 Å². The highest BCUT2D eigenvalue weighted by Crippen LogP contribution is 2.21. The number of hydrogen-bond donors (Lipinski definition) is 3. The number of thiophene rings is 1. The number of carbonyl (C=O) groups excluding carboxylic acids is 2. The minimum Gasteiger partial charge on any atom is -0.477 e. The minimum absolute atomic E-state index is 0.0704. The van der Waals surface area contributed by atoms with Crippen molar-refractivity contribution in [3.63, 3.8) is 0 Å². The number of carboxylic acid groups (broad SMARTS) is 1. The molecule has 0 atom stereocenters. The maximum Gasteiger partial charge on any atom is 0.345 e. The van der Waals surface area contributed by atoms with E-state index in [9.17, 15) is 14.4 Å². The largest absolute Gasteiger partial charge is 0.477 e. The van der Waals surface area contributed by atoms with Gasteiger partial charge in [-0.25, -0.2) is 4.79 Å². The van der Waals surface area contributed by atoms with Crippen LogP contribution in [-0.2, 0) is 13.0 Å². The molecule has 0 spiro atoms. The van der Waals surface area contributed by atoms with E-state index in [0.717, 1.165) is 16.2 Å². The molecule has 1 amide bonds. The molecule has 2 heterocycles. The number of amides is 1. The minimum atomic E-state index is -0.980. The van der Waals surface area contributed by atoms with E-state index in [1.165, 1.54) is 13.0 Å². The molecule has 0 aromatic carbocycles. The molecule has 2 rings (SSSR count). The average molecular weight is 334 g/mol. The second-order valence-electron chi connectivity index (χ2n) is 5.14. The first kappa shape index (κ1) is 17.0. The number of H-pyrrole nitrogens is 1. The van der Waals surface area contributed by atoms with E-state index in [1.807, 2.05) is 6.92 Å². The van der Waals surface area contributed by atoms with Gasteiger partial charge >= 0.3 is 5.97 Å². The molecule has 7 heteroatoms. The number of carboxylic acids is 1. The van der Waals surface area contributed by atoms with Crippen molar-refractivity contribution in [3.8, 4) is 0 Å². The highest BCUT2D eigenvalue weighted by molar-refractivity contribution is 7.13. The zero-order valence-electron chi connectivity index (χ0n) is 13.1. The molecule has 0 radical (unpaired) electrons. The summed E-state index contributed by atoms with van der Waals surface area (Å²) in [7, 11) is 0. The number of ketones is 1. The van der Waals surface area contributed by atoms with Gasteiger partial charge in [-0.15, -0.1) is 11.3 Å². The second kappa shape index (κ2) is 6.78. The number of hydrogen-bond acceptors (Lipinski definition) is 4. The lowest BCUT2D eigenvalue weighted by molar-refractivity contribution is 0.0701. The van der Waals surface area contributed by atoms with Gasteiger partial charge in [0, 0.05) is 16.1 Å². The third kappa shape index (κ3) is 3.50. The third-order valence-corrected chi connectivity index (χ3v) is 4.59. The molecule has 0 bridgehead atoms. The van der Waals surface area contributed by atoms with Crippen LogP contribution in [0.4, 0.5) is 0 Å². The van der Waals surface area contributed by atoms with E-state index >= 15 is 0 Å². The number of nitrogens with one attached hydrogen (secondary N) is 2. The van der Waals surface area contributed by atoms with Gasteiger partial charge in [-0.2, -0.15) is 0 Å². The average Bonchev–Trinajstić information content (AvgIpc) is 3.08. The molecule has 0 saturated heterocycles. The zero-order valence-corrected chi connectivity index (χ0v) is 14.0. The van der Waals surface area contributed by atoms with Crippen LogP contribution in [0.1, 0.15) is 60.5 Å². The van der Waals surface area contributed by atoms with Gasteiger partial charge in [-0.1, -0.05) is 6.92 Å². The standard InChI is InChI=1S/C16H18N2O4S/c1-4-11-13(9(3)19)8(2)18-14(11)15(20)17-7-10-5-6-12(23-10)16(21)22/h5-6,18H,4,7H2,1-3H3,(H,17,20)(H,21,22). The van der Waals surface area contributed by atoms with Crippen LogP contribution in [0.3, 0.4) is 0 Å². The first-order valence-corrected chi connectivity index (χ1v) is 7.99. The van der Waals surface area contributed by atoms with Crippen LogP contribution in [0, 0.1) is 6.92 Å². The predicted molar refractivity (Wildman–Crippen MR) is 87.4 cm³/mol. The van der Waals surface area contributed by atoms with E-state index in [4.69, 9.17) is 5.11 Å². The van der Waals surface area contributed by atoms with E-state index in [1.54, 1.807) is 13.0 Å². The smallest absolute Gasteiger partial charge is 0.345 e. The molecule has 2 aromatic rings. The number of Topliss-reactive ketones (excluding diaryl/α,β-unsaturated/α-hetero) is 1. The molecule has 0 aliphatic carbocycles. The molecule has 23 heavy (non-hydrogen) atoms. The van der Waals surface area contributed by atoms with Crippen LogP contribution in [-0.4, -0.2) is 27.8 Å². The van der Waals surface area contributed by atoms with Gasteiger partial charge in [0.15, 0.2) is 5.78 Å². The molecule has 0 saturated carbocycles. The third-order valence-electron chi connectivity index (χ3n) is 3.52. The summed E-state index contributed by atoms with van der Waals surface area (Å²) >= 11 is 1.12. The van der Waals surface area contributed by atoms with E-state index in [2.05, 4.69) is 10.3 Å². The van der Waals surface area contributed by atoms with E-state index in [-0.39, 0.29) is 23.1 Å². The van der Waals surface area contributed by atoms with E-state index in [0.29, 0.717) is 28.9 Å². The molecule has 0 fully saturated rings. The first-order valence-electron chi connectivity index (χ1n) is 7.17. The normalized spacial score (nSPS) is 10.6. The fourth-order valence-corrected chi connectivity index (χ4v) is 3.33. The van der Waals surface area contributed by atoms with Gasteiger partial charge in [-0.3, -0.25) is 9.59 Å². The Kier molecular flexibility index (Phi) is 5.00. The summed E-state index contributed by atoms with van der Waals surface area (Å²) in [4.78, 5) is 38.9. The van der Waals surface area contributed by atoms with Crippen molar-refractivity contribution in [2.24, 2.45) is 0 Å². The summed E-state index contributed by atoms with van der Waals surface area (Å²) in [5.41, 5.74) is 2.36.